The van der Waals surface area contributed by atoms with E-state index in [0.717, 1.165) is 37.9 Å². The van der Waals surface area contributed by atoms with E-state index in [1.807, 2.05) is 0 Å². The first kappa shape index (κ1) is 22.4. The molecule has 2 aliphatic rings. The molecule has 8 nitrogen and oxygen atoms in total. The lowest BCUT2D eigenvalue weighted by atomic mass is 9.94. The monoisotopic (exact) mass is 460 g/mol. The Labute approximate surface area is 188 Å². The third kappa shape index (κ3) is 4.54. The van der Waals surface area contributed by atoms with E-state index in [1.54, 1.807) is 36.4 Å². The van der Waals surface area contributed by atoms with Crippen LogP contribution in [0, 0.1) is 0 Å². The maximum atomic E-state index is 12.9. The zero-order valence-electron chi connectivity index (χ0n) is 18.2. The average molecular weight is 461 g/mol. The summed E-state index contributed by atoms with van der Waals surface area (Å²) in [6.45, 7) is 1.28. The zero-order chi connectivity index (χ0) is 22.8. The maximum Gasteiger partial charge on any atom is 0.265 e. The summed E-state index contributed by atoms with van der Waals surface area (Å²) in [5, 5.41) is 3.02. The molecule has 4 rings (SSSR count). The van der Waals surface area contributed by atoms with Gasteiger partial charge in [0.15, 0.2) is 0 Å². The van der Waals surface area contributed by atoms with Gasteiger partial charge in [-0.2, -0.15) is 0 Å². The van der Waals surface area contributed by atoms with Crippen LogP contribution in [-0.2, 0) is 25.0 Å². The number of benzene rings is 2. The fourth-order valence-electron chi connectivity index (χ4n) is 4.01. The van der Waals surface area contributed by atoms with Crippen molar-refractivity contribution in [3.8, 4) is 11.5 Å². The molecule has 2 N–H and O–H groups in total. The Morgan fingerprint density at radius 1 is 1.12 bits per heavy atom. The van der Waals surface area contributed by atoms with Crippen molar-refractivity contribution in [2.75, 3.05) is 32.1 Å². The molecule has 0 aromatic heterocycles. The molecular weight excluding hydrogens is 432 g/mol. The van der Waals surface area contributed by atoms with Crippen molar-refractivity contribution < 1.29 is 27.4 Å². The Bertz CT molecular complexity index is 1070. The van der Waals surface area contributed by atoms with E-state index in [-0.39, 0.29) is 22.7 Å². The highest BCUT2D eigenvalue weighted by Gasteiger charge is 2.51. The van der Waals surface area contributed by atoms with Gasteiger partial charge in [0.25, 0.3) is 10.0 Å². The Morgan fingerprint density at radius 2 is 1.88 bits per heavy atom. The van der Waals surface area contributed by atoms with Gasteiger partial charge in [0.05, 0.1) is 25.7 Å². The summed E-state index contributed by atoms with van der Waals surface area (Å²) in [5.41, 5.74) is 0.741. The normalized spacial score (nSPS) is 19.2. The molecule has 1 saturated carbocycles. The highest BCUT2D eigenvalue weighted by atomic mass is 32.2. The van der Waals surface area contributed by atoms with E-state index in [0.29, 0.717) is 18.0 Å². The van der Waals surface area contributed by atoms with Crippen LogP contribution in [0.15, 0.2) is 47.4 Å². The predicted molar refractivity (Wildman–Crippen MR) is 120 cm³/mol. The molecule has 2 fully saturated rings. The minimum Gasteiger partial charge on any atom is -0.497 e. The summed E-state index contributed by atoms with van der Waals surface area (Å²) >= 11 is 0. The van der Waals surface area contributed by atoms with Crippen LogP contribution in [-0.4, -0.2) is 47.8 Å². The van der Waals surface area contributed by atoms with Crippen molar-refractivity contribution in [1.29, 1.82) is 0 Å². The van der Waals surface area contributed by atoms with Crippen molar-refractivity contribution in [3.05, 3.63) is 48.0 Å². The van der Waals surface area contributed by atoms with Gasteiger partial charge in [-0.3, -0.25) is 9.52 Å². The van der Waals surface area contributed by atoms with Gasteiger partial charge >= 0.3 is 0 Å². The molecule has 2 aromatic carbocycles. The first-order valence-electron chi connectivity index (χ1n) is 10.6. The van der Waals surface area contributed by atoms with E-state index in [4.69, 9.17) is 14.2 Å². The summed E-state index contributed by atoms with van der Waals surface area (Å²) in [6.07, 6.45) is 3.65. The van der Waals surface area contributed by atoms with Crippen molar-refractivity contribution in [1.82, 2.24) is 5.32 Å². The van der Waals surface area contributed by atoms with Crippen LogP contribution < -0.4 is 19.5 Å². The average Bonchev–Trinajstić information content (AvgIpc) is 3.45. The topological polar surface area (TPSA) is 103 Å². The Hall–Kier alpha value is -2.78. The molecule has 9 heteroatoms. The number of nitrogens with one attached hydrogen (secondary N) is 2. The van der Waals surface area contributed by atoms with E-state index < -0.39 is 15.4 Å². The largest absolute Gasteiger partial charge is 0.497 e. The number of methoxy groups -OCH3 is 2. The van der Waals surface area contributed by atoms with Crippen molar-refractivity contribution in [2.45, 2.75) is 42.1 Å². The number of ether oxygens (including phenoxy) is 3. The second kappa shape index (κ2) is 8.99. The van der Waals surface area contributed by atoms with Gasteiger partial charge in [-0.1, -0.05) is 12.1 Å². The van der Waals surface area contributed by atoms with Crippen LogP contribution in [0.1, 0.15) is 31.2 Å². The highest BCUT2D eigenvalue weighted by molar-refractivity contribution is 7.92. The molecule has 1 aliphatic carbocycles. The number of amides is 1. The van der Waals surface area contributed by atoms with Crippen molar-refractivity contribution in [2.24, 2.45) is 0 Å². The van der Waals surface area contributed by atoms with Crippen LogP contribution in [0.2, 0.25) is 0 Å². The third-order valence-electron chi connectivity index (χ3n) is 6.05. The number of sulfonamides is 1. The van der Waals surface area contributed by atoms with Crippen LogP contribution >= 0.6 is 0 Å². The first-order chi connectivity index (χ1) is 15.4. The molecular formula is C23H28N2O6S. The number of carbonyl (C=O) groups is 1. The molecule has 1 aliphatic heterocycles. The van der Waals surface area contributed by atoms with E-state index >= 15 is 0 Å². The van der Waals surface area contributed by atoms with E-state index in [1.165, 1.54) is 20.3 Å². The molecule has 172 valence electrons. The molecule has 1 unspecified atom stereocenters. The van der Waals surface area contributed by atoms with Gasteiger partial charge in [-0.25, -0.2) is 8.42 Å². The lowest BCUT2D eigenvalue weighted by Gasteiger charge is -2.18. The zero-order valence-corrected chi connectivity index (χ0v) is 19.0. The number of hydrogen-bond donors (Lipinski definition) is 2. The quantitative estimate of drug-likeness (QED) is 0.597. The van der Waals surface area contributed by atoms with Gasteiger partial charge in [0.2, 0.25) is 5.91 Å². The van der Waals surface area contributed by atoms with E-state index in [2.05, 4.69) is 10.0 Å². The van der Waals surface area contributed by atoms with Crippen LogP contribution in [0.25, 0.3) is 0 Å². The van der Waals surface area contributed by atoms with Crippen LogP contribution in [0.4, 0.5) is 5.69 Å². The molecule has 1 atom stereocenters. The number of carbonyl (C=O) groups excluding carboxylic acids is 1. The Morgan fingerprint density at radius 3 is 2.47 bits per heavy atom. The maximum absolute atomic E-state index is 12.9. The van der Waals surface area contributed by atoms with Gasteiger partial charge in [-0.05, 0) is 55.5 Å². The first-order valence-corrected chi connectivity index (χ1v) is 12.1. The molecule has 1 saturated heterocycles. The summed E-state index contributed by atoms with van der Waals surface area (Å²) < 4.78 is 44.4. The number of hydrogen-bond acceptors (Lipinski definition) is 6. The lowest BCUT2D eigenvalue weighted by molar-refractivity contribution is -0.124. The van der Waals surface area contributed by atoms with E-state index in [9.17, 15) is 13.2 Å². The summed E-state index contributed by atoms with van der Waals surface area (Å²) in [4.78, 5) is 12.8. The van der Waals surface area contributed by atoms with Gasteiger partial charge in [-0.15, -0.1) is 0 Å². The van der Waals surface area contributed by atoms with Gasteiger partial charge in [0, 0.05) is 24.9 Å². The number of anilines is 1. The smallest absolute Gasteiger partial charge is 0.265 e. The minimum atomic E-state index is -3.90. The second-order valence-electron chi connectivity index (χ2n) is 8.13. The second-order valence-corrected chi connectivity index (χ2v) is 9.78. The van der Waals surface area contributed by atoms with Crippen LogP contribution in [0.3, 0.4) is 0 Å². The fraction of sp³-hybridized carbons (Fsp3) is 0.435. The van der Waals surface area contributed by atoms with Crippen LogP contribution in [0.5, 0.6) is 11.5 Å². The summed E-state index contributed by atoms with van der Waals surface area (Å²) in [6, 6.07) is 11.5. The van der Waals surface area contributed by atoms with Gasteiger partial charge in [0.1, 0.15) is 16.4 Å². The predicted octanol–water partition coefficient (Wildman–Crippen LogP) is 2.83. The molecule has 0 bridgehead atoms. The molecule has 1 amide bonds. The summed E-state index contributed by atoms with van der Waals surface area (Å²) in [5.74, 6) is 0.628. The standard InChI is InChI=1S/C23H28N2O6S/c1-29-18-9-10-20(30-2)21(14-18)32(27,28)25-17-7-5-16(6-8-17)23(11-12-23)22(26)24-15-19-4-3-13-31-19/h5-10,14,19,25H,3-4,11-13,15H2,1-2H3,(H,24,26). The van der Waals surface area contributed by atoms with Gasteiger partial charge < -0.3 is 19.5 Å². The molecule has 0 spiro atoms. The van der Waals surface area contributed by atoms with Crippen molar-refractivity contribution in [3.63, 3.8) is 0 Å². The third-order valence-corrected chi connectivity index (χ3v) is 7.45. The number of rotatable bonds is 9. The SMILES string of the molecule is COc1ccc(OC)c(S(=O)(=O)Nc2ccc(C3(C(=O)NCC4CCCO4)CC3)cc2)c1. The molecule has 1 heterocycles. The van der Waals surface area contributed by atoms with Crippen molar-refractivity contribution >= 4 is 21.6 Å². The Kier molecular flexibility index (Phi) is 6.30. The highest BCUT2D eigenvalue weighted by Crippen LogP contribution is 2.48. The molecule has 2 aromatic rings. The lowest BCUT2D eigenvalue weighted by Crippen LogP contribution is -2.39. The summed E-state index contributed by atoms with van der Waals surface area (Å²) in [7, 11) is -1.03. The Balaban J connectivity index is 1.46. The molecule has 32 heavy (non-hydrogen) atoms. The molecule has 0 radical (unpaired) electrons. The minimum absolute atomic E-state index is 0.00227. The fourth-order valence-corrected chi connectivity index (χ4v) is 5.26.